The molecule has 1 unspecified atom stereocenters. The van der Waals surface area contributed by atoms with Crippen molar-refractivity contribution in [2.75, 3.05) is 18.1 Å². The van der Waals surface area contributed by atoms with Gasteiger partial charge < -0.3 is 14.7 Å². The van der Waals surface area contributed by atoms with Crippen LogP contribution in [0.4, 0.5) is 5.69 Å². The minimum absolute atomic E-state index is 0.0866. The van der Waals surface area contributed by atoms with Crippen LogP contribution in [0.25, 0.3) is 11.1 Å². The Kier molecular flexibility index (Phi) is 8.38. The average Bonchev–Trinajstić information content (AvgIpc) is 3.20. The van der Waals surface area contributed by atoms with Gasteiger partial charge in [-0.1, -0.05) is 66.6 Å². The second-order valence-electron chi connectivity index (χ2n) is 9.58. The summed E-state index contributed by atoms with van der Waals surface area (Å²) in [7, 11) is -4.28. The fourth-order valence-corrected chi connectivity index (χ4v) is 6.37. The van der Waals surface area contributed by atoms with Gasteiger partial charge in [0, 0.05) is 17.8 Å². The number of para-hydroxylation sites is 1. The number of aliphatic carboxylic acids is 1. The first kappa shape index (κ1) is 28.6. The molecule has 9 heteroatoms. The first-order chi connectivity index (χ1) is 20.3. The summed E-state index contributed by atoms with van der Waals surface area (Å²) in [6.45, 7) is 1.25. The molecule has 0 aliphatic carbocycles. The van der Waals surface area contributed by atoms with E-state index in [-0.39, 0.29) is 24.6 Å². The van der Waals surface area contributed by atoms with Crippen LogP contribution in [0.1, 0.15) is 22.8 Å². The van der Waals surface area contributed by atoms with Crippen molar-refractivity contribution in [2.45, 2.75) is 24.4 Å². The molecule has 5 rings (SSSR count). The highest BCUT2D eigenvalue weighted by Gasteiger charge is 2.41. The van der Waals surface area contributed by atoms with E-state index >= 15 is 0 Å². The highest BCUT2D eigenvalue weighted by atomic mass is 32.2. The molecule has 1 atom stereocenters. The molecular formula is C33H28N2O6S. The first-order valence-corrected chi connectivity index (χ1v) is 14.7. The van der Waals surface area contributed by atoms with E-state index in [0.717, 1.165) is 15.4 Å². The lowest BCUT2D eigenvalue weighted by Crippen LogP contribution is -2.50. The lowest BCUT2D eigenvalue weighted by molar-refractivity contribution is -0.141. The molecule has 8 nitrogen and oxygen atoms in total. The monoisotopic (exact) mass is 580 g/mol. The van der Waals surface area contributed by atoms with Crippen LogP contribution >= 0.6 is 0 Å². The third-order valence-electron chi connectivity index (χ3n) is 7.00. The highest BCUT2D eigenvalue weighted by molar-refractivity contribution is 7.89. The lowest BCUT2D eigenvalue weighted by atomic mass is 10.0. The van der Waals surface area contributed by atoms with Crippen LogP contribution < -0.4 is 9.64 Å². The van der Waals surface area contributed by atoms with Crippen LogP contribution in [0.15, 0.2) is 108 Å². The van der Waals surface area contributed by atoms with Gasteiger partial charge >= 0.3 is 5.97 Å². The molecular weight excluding hydrogens is 552 g/mol. The SMILES string of the molecule is CC#CCOc1ccc(S(=O)(=O)N2Cc3ccccc3N(C(=O)c3ccc(-c4ccccc4)cc3)CC2C(=O)O)cc1. The number of rotatable bonds is 7. The van der Waals surface area contributed by atoms with Crippen LogP contribution in [0.3, 0.4) is 0 Å². The zero-order valence-electron chi connectivity index (χ0n) is 22.8. The second-order valence-corrected chi connectivity index (χ2v) is 11.5. The fourth-order valence-electron chi connectivity index (χ4n) is 4.82. The number of amides is 1. The Morgan fingerprint density at radius 2 is 1.52 bits per heavy atom. The predicted molar refractivity (Wildman–Crippen MR) is 160 cm³/mol. The number of hydrogen-bond donors (Lipinski definition) is 1. The van der Waals surface area contributed by atoms with Gasteiger partial charge in [-0.25, -0.2) is 8.42 Å². The molecule has 1 N–H and O–H groups in total. The highest BCUT2D eigenvalue weighted by Crippen LogP contribution is 2.33. The summed E-state index contributed by atoms with van der Waals surface area (Å²) in [5.41, 5.74) is 3.25. The maximum atomic E-state index is 13.9. The molecule has 212 valence electrons. The zero-order chi connectivity index (χ0) is 29.7. The van der Waals surface area contributed by atoms with Crippen molar-refractivity contribution in [3.63, 3.8) is 0 Å². The molecule has 0 bridgehead atoms. The van der Waals surface area contributed by atoms with E-state index in [1.165, 1.54) is 29.2 Å². The number of carboxylic acid groups (broad SMARTS) is 1. The van der Waals surface area contributed by atoms with Crippen molar-refractivity contribution in [3.8, 4) is 28.7 Å². The van der Waals surface area contributed by atoms with Gasteiger partial charge in [-0.2, -0.15) is 4.31 Å². The van der Waals surface area contributed by atoms with Gasteiger partial charge in [0.25, 0.3) is 5.91 Å². The van der Waals surface area contributed by atoms with Crippen LogP contribution in [-0.4, -0.2) is 48.9 Å². The molecule has 4 aromatic rings. The lowest BCUT2D eigenvalue weighted by Gasteiger charge is -2.28. The van der Waals surface area contributed by atoms with Gasteiger partial charge in [0.05, 0.1) is 11.4 Å². The number of carbonyl (C=O) groups excluding carboxylic acids is 1. The number of carboxylic acids is 1. The third kappa shape index (κ3) is 5.91. The van der Waals surface area contributed by atoms with E-state index in [4.69, 9.17) is 4.74 Å². The number of nitrogens with zero attached hydrogens (tertiary/aromatic N) is 2. The number of anilines is 1. The Bertz CT molecular complexity index is 1760. The Hall–Kier alpha value is -4.91. The van der Waals surface area contributed by atoms with Crippen LogP contribution in [0, 0.1) is 11.8 Å². The van der Waals surface area contributed by atoms with E-state index in [1.54, 1.807) is 43.3 Å². The van der Waals surface area contributed by atoms with Crippen LogP contribution in [-0.2, 0) is 21.4 Å². The molecule has 42 heavy (non-hydrogen) atoms. The van der Waals surface area contributed by atoms with E-state index < -0.39 is 27.9 Å². The van der Waals surface area contributed by atoms with E-state index in [2.05, 4.69) is 11.8 Å². The maximum Gasteiger partial charge on any atom is 0.323 e. The van der Waals surface area contributed by atoms with Crippen molar-refractivity contribution in [3.05, 3.63) is 114 Å². The number of carbonyl (C=O) groups is 2. The summed E-state index contributed by atoms with van der Waals surface area (Å²) >= 11 is 0. The summed E-state index contributed by atoms with van der Waals surface area (Å²) in [4.78, 5) is 27.7. The van der Waals surface area contributed by atoms with Gasteiger partial charge in [0.1, 0.15) is 18.4 Å². The number of fused-ring (bicyclic) bond motifs is 1. The second kappa shape index (κ2) is 12.3. The minimum atomic E-state index is -4.28. The maximum absolute atomic E-state index is 13.9. The summed E-state index contributed by atoms with van der Waals surface area (Å²) in [5.74, 6) is 4.13. The van der Waals surface area contributed by atoms with Crippen molar-refractivity contribution >= 4 is 27.6 Å². The summed E-state index contributed by atoms with van der Waals surface area (Å²) in [5, 5.41) is 10.2. The van der Waals surface area contributed by atoms with Crippen molar-refractivity contribution in [1.29, 1.82) is 0 Å². The van der Waals surface area contributed by atoms with Gasteiger partial charge in [-0.15, -0.1) is 5.92 Å². The summed E-state index contributed by atoms with van der Waals surface area (Å²) in [6, 6.07) is 27.8. The number of hydrogen-bond acceptors (Lipinski definition) is 5. The molecule has 1 aliphatic heterocycles. The van der Waals surface area contributed by atoms with Gasteiger partial charge in [0.15, 0.2) is 0 Å². The van der Waals surface area contributed by atoms with E-state index in [1.807, 2.05) is 42.5 Å². The zero-order valence-corrected chi connectivity index (χ0v) is 23.6. The Morgan fingerprint density at radius 1 is 0.881 bits per heavy atom. The summed E-state index contributed by atoms with van der Waals surface area (Å²) in [6.07, 6.45) is 0. The third-order valence-corrected chi connectivity index (χ3v) is 8.87. The van der Waals surface area contributed by atoms with Gasteiger partial charge in [-0.05, 0) is 66.1 Å². The van der Waals surface area contributed by atoms with E-state index in [0.29, 0.717) is 22.6 Å². The Morgan fingerprint density at radius 3 is 2.19 bits per heavy atom. The molecule has 0 saturated carbocycles. The normalized spacial score (nSPS) is 15.1. The largest absolute Gasteiger partial charge is 0.481 e. The quantitative estimate of drug-likeness (QED) is 0.307. The molecule has 1 amide bonds. The first-order valence-electron chi connectivity index (χ1n) is 13.2. The predicted octanol–water partition coefficient (Wildman–Crippen LogP) is 5.06. The average molecular weight is 581 g/mol. The Labute approximate surface area is 244 Å². The van der Waals surface area contributed by atoms with Crippen molar-refractivity contribution in [1.82, 2.24) is 4.31 Å². The van der Waals surface area contributed by atoms with Crippen molar-refractivity contribution in [2.24, 2.45) is 0 Å². The molecule has 1 aliphatic rings. The minimum Gasteiger partial charge on any atom is -0.481 e. The number of sulfonamides is 1. The smallest absolute Gasteiger partial charge is 0.323 e. The topological polar surface area (TPSA) is 104 Å². The summed E-state index contributed by atoms with van der Waals surface area (Å²) < 4.78 is 34.1. The molecule has 0 fully saturated rings. The molecule has 0 radical (unpaired) electrons. The molecule has 4 aromatic carbocycles. The van der Waals surface area contributed by atoms with Gasteiger partial charge in [-0.3, -0.25) is 9.59 Å². The van der Waals surface area contributed by atoms with Crippen LogP contribution in [0.2, 0.25) is 0 Å². The molecule has 0 saturated heterocycles. The molecule has 1 heterocycles. The van der Waals surface area contributed by atoms with Crippen LogP contribution in [0.5, 0.6) is 5.75 Å². The molecule has 0 spiro atoms. The van der Waals surface area contributed by atoms with Crippen molar-refractivity contribution < 1.29 is 27.9 Å². The standard InChI is InChI=1S/C33H28N2O6S/c1-2-3-21-41-28-17-19-29(20-18-28)42(39,40)35-22-27-11-7-8-12-30(27)34(23-31(35)33(37)38)32(36)26-15-13-25(14-16-26)24-9-5-4-6-10-24/h4-20,31H,21-23H2,1H3,(H,37,38). The van der Waals surface area contributed by atoms with E-state index in [9.17, 15) is 23.1 Å². The van der Waals surface area contributed by atoms with Gasteiger partial charge in [0.2, 0.25) is 10.0 Å². The number of ether oxygens (including phenoxy) is 1. The fraction of sp³-hybridized carbons (Fsp3) is 0.152. The number of benzene rings is 4. The molecule has 0 aromatic heterocycles. The Balaban J connectivity index is 1.48.